The Kier molecular flexibility index (Phi) is 9.54. The molecule has 0 aromatic heterocycles. The minimum atomic E-state index is -4.40. The van der Waals surface area contributed by atoms with E-state index in [9.17, 15) is 14.2 Å². The van der Waals surface area contributed by atoms with Crippen molar-refractivity contribution >= 4 is 19.8 Å². The molecule has 0 spiro atoms. The minimum absolute atomic E-state index is 0.143. The first kappa shape index (κ1) is 27.0. The van der Waals surface area contributed by atoms with E-state index in [4.69, 9.17) is 27.8 Å². The largest absolute Gasteiger partial charge is 0.477 e. The number of alkyl halides is 1. The van der Waals surface area contributed by atoms with Gasteiger partial charge >= 0.3 is 19.8 Å². The summed E-state index contributed by atoms with van der Waals surface area (Å²) in [6.07, 6.45) is -7.70. The number of ether oxygens (including phenoxy) is 3. The summed E-state index contributed by atoms with van der Waals surface area (Å²) in [5, 5.41) is 0. The molecule has 0 bridgehead atoms. The topological polar surface area (TPSA) is 107 Å². The van der Waals surface area contributed by atoms with E-state index >= 15 is 4.39 Å². The Morgan fingerprint density at radius 1 is 0.857 bits per heavy atom. The molecule has 2 aromatic carbocycles. The molecule has 1 saturated heterocycles. The smallest absolute Gasteiger partial charge is 0.456 e. The molecule has 0 saturated carbocycles. The van der Waals surface area contributed by atoms with Crippen molar-refractivity contribution in [3.8, 4) is 0 Å². The maximum atomic E-state index is 15.5. The summed E-state index contributed by atoms with van der Waals surface area (Å²) in [5.41, 5.74) is 1.36. The molecule has 35 heavy (non-hydrogen) atoms. The molecule has 3 rings (SSSR count). The number of hydrogen-bond acceptors (Lipinski definition) is 9. The Balaban J connectivity index is 1.80. The number of phosphoric ester groups is 1. The summed E-state index contributed by atoms with van der Waals surface area (Å²) in [5.74, 6) is -1.51. The van der Waals surface area contributed by atoms with E-state index in [0.717, 1.165) is 13.8 Å². The van der Waals surface area contributed by atoms with Crippen LogP contribution in [0.3, 0.4) is 0 Å². The van der Waals surface area contributed by atoms with Gasteiger partial charge < -0.3 is 14.2 Å². The fraction of sp³-hybridized carbons (Fsp3) is 0.417. The Morgan fingerprint density at radius 3 is 1.77 bits per heavy atom. The molecule has 0 amide bonds. The molecule has 0 N–H and O–H groups in total. The standard InChI is InChI=1S/C24H28FO9P/c1-16-22(32-17(2)26)23(33-18(3)27)21(25)24(31-16)34-35(28,29-14-19-10-6-4-7-11-19)30-15-20-12-8-5-9-13-20/h4-13,16,21-24H,14-15H2,1-3H3/t16-,21-,22+,23-,24+/m0/s1. The van der Waals surface area contributed by atoms with E-state index in [0.29, 0.717) is 11.1 Å². The lowest BCUT2D eigenvalue weighted by Crippen LogP contribution is -2.58. The van der Waals surface area contributed by atoms with Gasteiger partial charge in [-0.1, -0.05) is 60.7 Å². The van der Waals surface area contributed by atoms with Gasteiger partial charge in [-0.05, 0) is 18.1 Å². The zero-order valence-electron chi connectivity index (χ0n) is 19.6. The highest BCUT2D eigenvalue weighted by Crippen LogP contribution is 2.53. The van der Waals surface area contributed by atoms with Gasteiger partial charge in [0.25, 0.3) is 0 Å². The van der Waals surface area contributed by atoms with Crippen LogP contribution in [0.1, 0.15) is 31.9 Å². The van der Waals surface area contributed by atoms with Crippen molar-refractivity contribution in [2.45, 2.75) is 64.8 Å². The third-order valence-electron chi connectivity index (χ3n) is 5.01. The lowest BCUT2D eigenvalue weighted by molar-refractivity contribution is -0.265. The quantitative estimate of drug-likeness (QED) is 0.338. The molecule has 2 aromatic rings. The molecule has 1 aliphatic heterocycles. The molecule has 5 atom stereocenters. The molecule has 190 valence electrons. The first-order chi connectivity index (χ1) is 16.7. The molecule has 1 aliphatic rings. The Morgan fingerprint density at radius 2 is 1.31 bits per heavy atom. The number of halogens is 1. The number of benzene rings is 2. The third-order valence-corrected chi connectivity index (χ3v) is 6.37. The summed E-state index contributed by atoms with van der Waals surface area (Å²) in [7, 11) is -4.40. The van der Waals surface area contributed by atoms with Gasteiger partial charge in [-0.3, -0.25) is 23.2 Å². The fourth-order valence-electron chi connectivity index (χ4n) is 3.41. The maximum Gasteiger partial charge on any atom is 0.477 e. The number of carbonyl (C=O) groups is 2. The second-order valence-electron chi connectivity index (χ2n) is 7.87. The van der Waals surface area contributed by atoms with Crippen molar-refractivity contribution in [2.75, 3.05) is 0 Å². The van der Waals surface area contributed by atoms with E-state index < -0.39 is 50.5 Å². The zero-order valence-corrected chi connectivity index (χ0v) is 20.5. The van der Waals surface area contributed by atoms with Crippen molar-refractivity contribution in [2.24, 2.45) is 0 Å². The summed E-state index contributed by atoms with van der Waals surface area (Å²) >= 11 is 0. The normalized spacial score (nSPS) is 24.5. The number of hydrogen-bond donors (Lipinski definition) is 0. The minimum Gasteiger partial charge on any atom is -0.456 e. The third kappa shape index (κ3) is 7.95. The molecule has 0 unspecified atom stereocenters. The Bertz CT molecular complexity index is 973. The lowest BCUT2D eigenvalue weighted by Gasteiger charge is -2.41. The average Bonchev–Trinajstić information content (AvgIpc) is 2.83. The molecule has 11 heteroatoms. The number of phosphoric acid groups is 1. The van der Waals surface area contributed by atoms with Crippen LogP contribution in [0.2, 0.25) is 0 Å². The van der Waals surface area contributed by atoms with Crippen molar-refractivity contribution < 1.29 is 46.3 Å². The molecular formula is C24H28FO9P. The van der Waals surface area contributed by atoms with E-state index in [1.807, 2.05) is 12.1 Å². The van der Waals surface area contributed by atoms with Crippen LogP contribution in [0.15, 0.2) is 60.7 Å². The van der Waals surface area contributed by atoms with Crippen molar-refractivity contribution in [1.82, 2.24) is 0 Å². The predicted molar refractivity (Wildman–Crippen MR) is 121 cm³/mol. The van der Waals surface area contributed by atoms with Crippen LogP contribution in [0.25, 0.3) is 0 Å². The van der Waals surface area contributed by atoms with Gasteiger partial charge in [0.1, 0.15) is 0 Å². The molecule has 1 fully saturated rings. The van der Waals surface area contributed by atoms with Gasteiger partial charge in [0.05, 0.1) is 19.3 Å². The summed E-state index contributed by atoms with van der Waals surface area (Å²) in [6.45, 7) is 3.42. The van der Waals surface area contributed by atoms with Gasteiger partial charge in [-0.15, -0.1) is 0 Å². The van der Waals surface area contributed by atoms with E-state index in [-0.39, 0.29) is 13.2 Å². The lowest BCUT2D eigenvalue weighted by atomic mass is 10.0. The van der Waals surface area contributed by atoms with Crippen LogP contribution < -0.4 is 0 Å². The fourth-order valence-corrected chi connectivity index (χ4v) is 4.64. The van der Waals surface area contributed by atoms with E-state index in [2.05, 4.69) is 0 Å². The highest BCUT2D eigenvalue weighted by molar-refractivity contribution is 7.48. The Hall–Kier alpha value is -2.62. The number of rotatable bonds is 10. The summed E-state index contributed by atoms with van der Waals surface area (Å²) in [4.78, 5) is 23.1. The van der Waals surface area contributed by atoms with Gasteiger partial charge in [0.2, 0.25) is 6.29 Å². The molecule has 9 nitrogen and oxygen atoms in total. The van der Waals surface area contributed by atoms with Gasteiger partial charge in [-0.25, -0.2) is 8.96 Å². The van der Waals surface area contributed by atoms with Crippen LogP contribution in [0.4, 0.5) is 4.39 Å². The van der Waals surface area contributed by atoms with E-state index in [1.165, 1.54) is 6.92 Å². The molecular weight excluding hydrogens is 482 g/mol. The van der Waals surface area contributed by atoms with Crippen LogP contribution in [-0.2, 0) is 55.1 Å². The highest BCUT2D eigenvalue weighted by atomic mass is 31.2. The van der Waals surface area contributed by atoms with Crippen LogP contribution >= 0.6 is 7.82 Å². The number of esters is 2. The second kappa shape index (κ2) is 12.4. The first-order valence-electron chi connectivity index (χ1n) is 11.0. The molecule has 0 aliphatic carbocycles. The highest BCUT2D eigenvalue weighted by Gasteiger charge is 2.52. The van der Waals surface area contributed by atoms with Crippen molar-refractivity contribution in [1.29, 1.82) is 0 Å². The van der Waals surface area contributed by atoms with Crippen molar-refractivity contribution in [3.63, 3.8) is 0 Å². The summed E-state index contributed by atoms with van der Waals surface area (Å²) in [6, 6.07) is 17.7. The predicted octanol–water partition coefficient (Wildman–Crippen LogP) is 4.49. The molecule has 0 radical (unpaired) electrons. The first-order valence-corrected chi connectivity index (χ1v) is 12.4. The van der Waals surface area contributed by atoms with Crippen LogP contribution in [0, 0.1) is 0 Å². The summed E-state index contributed by atoms with van der Waals surface area (Å²) < 4.78 is 61.2. The number of carbonyl (C=O) groups excluding carboxylic acids is 2. The van der Waals surface area contributed by atoms with Gasteiger partial charge in [-0.2, -0.15) is 0 Å². The zero-order chi connectivity index (χ0) is 25.4. The second-order valence-corrected chi connectivity index (χ2v) is 9.49. The SMILES string of the molecule is CC(=O)O[C@H]1[C@H](F)[C@@H](OP(=O)(OCc2ccccc2)OCc2ccccc2)O[C@@H](C)[C@H]1OC(C)=O. The van der Waals surface area contributed by atoms with Gasteiger partial charge in [0.15, 0.2) is 18.4 Å². The van der Waals surface area contributed by atoms with E-state index in [1.54, 1.807) is 48.5 Å². The van der Waals surface area contributed by atoms with Crippen LogP contribution in [0.5, 0.6) is 0 Å². The molecule has 1 heterocycles. The average molecular weight is 510 g/mol. The van der Waals surface area contributed by atoms with Crippen LogP contribution in [-0.4, -0.2) is 42.7 Å². The van der Waals surface area contributed by atoms with Crippen molar-refractivity contribution in [3.05, 3.63) is 71.8 Å². The monoisotopic (exact) mass is 510 g/mol. The van der Waals surface area contributed by atoms with Gasteiger partial charge in [0, 0.05) is 13.8 Å². The maximum absolute atomic E-state index is 15.5. The Labute approximate surface area is 203 Å².